The largest absolute Gasteiger partial charge is 0.347 e. The molecule has 0 bridgehead atoms. The van der Waals surface area contributed by atoms with E-state index in [0.29, 0.717) is 17.3 Å². The number of H-pyrrole nitrogens is 1. The standard InChI is InChI=1S/C14H14Cl2N2O/c1-8-3-4-10(9(2)5-8)7-17-14(19)12-6-11(15)13(16)18-12/h3-6,18H,7H2,1-2H3,(H,17,19). The lowest BCUT2D eigenvalue weighted by atomic mass is 10.1. The summed E-state index contributed by atoms with van der Waals surface area (Å²) in [6.07, 6.45) is 0. The van der Waals surface area contributed by atoms with Crippen LogP contribution in [0.5, 0.6) is 0 Å². The molecule has 3 nitrogen and oxygen atoms in total. The molecule has 1 aromatic heterocycles. The van der Waals surface area contributed by atoms with Crippen molar-refractivity contribution in [1.82, 2.24) is 10.3 Å². The van der Waals surface area contributed by atoms with Gasteiger partial charge in [0.2, 0.25) is 0 Å². The molecule has 0 aliphatic rings. The molecule has 0 unspecified atom stereocenters. The average molecular weight is 297 g/mol. The molecule has 2 rings (SSSR count). The summed E-state index contributed by atoms with van der Waals surface area (Å²) < 4.78 is 0. The van der Waals surface area contributed by atoms with Crippen LogP contribution in [0.25, 0.3) is 0 Å². The zero-order chi connectivity index (χ0) is 14.0. The summed E-state index contributed by atoms with van der Waals surface area (Å²) >= 11 is 11.6. The van der Waals surface area contributed by atoms with E-state index in [4.69, 9.17) is 23.2 Å². The zero-order valence-corrected chi connectivity index (χ0v) is 12.2. The quantitative estimate of drug-likeness (QED) is 0.887. The van der Waals surface area contributed by atoms with Gasteiger partial charge in [-0.2, -0.15) is 0 Å². The van der Waals surface area contributed by atoms with Crippen LogP contribution in [0.4, 0.5) is 0 Å². The minimum Gasteiger partial charge on any atom is -0.347 e. The maximum atomic E-state index is 11.9. The van der Waals surface area contributed by atoms with Gasteiger partial charge in [0, 0.05) is 6.54 Å². The minimum atomic E-state index is -0.228. The molecule has 1 heterocycles. The number of aromatic nitrogens is 1. The summed E-state index contributed by atoms with van der Waals surface area (Å²) in [6, 6.07) is 7.64. The highest BCUT2D eigenvalue weighted by Crippen LogP contribution is 2.21. The molecule has 1 amide bonds. The van der Waals surface area contributed by atoms with Crippen molar-refractivity contribution in [2.45, 2.75) is 20.4 Å². The van der Waals surface area contributed by atoms with Gasteiger partial charge in [0.1, 0.15) is 10.8 Å². The van der Waals surface area contributed by atoms with Gasteiger partial charge in [-0.1, -0.05) is 47.0 Å². The highest BCUT2D eigenvalue weighted by atomic mass is 35.5. The van der Waals surface area contributed by atoms with Crippen LogP contribution in [-0.2, 0) is 6.54 Å². The van der Waals surface area contributed by atoms with Gasteiger partial charge in [-0.05, 0) is 31.0 Å². The van der Waals surface area contributed by atoms with Crippen molar-refractivity contribution in [1.29, 1.82) is 0 Å². The lowest BCUT2D eigenvalue weighted by Gasteiger charge is -2.08. The average Bonchev–Trinajstić information content (AvgIpc) is 2.68. The Morgan fingerprint density at radius 2 is 2.00 bits per heavy atom. The molecule has 0 atom stereocenters. The SMILES string of the molecule is Cc1ccc(CNC(=O)c2cc(Cl)c(Cl)[nH]2)c(C)c1. The zero-order valence-electron chi connectivity index (χ0n) is 10.7. The van der Waals surface area contributed by atoms with Crippen molar-refractivity contribution in [2.24, 2.45) is 0 Å². The van der Waals surface area contributed by atoms with E-state index in [9.17, 15) is 4.79 Å². The number of carbonyl (C=O) groups is 1. The predicted molar refractivity (Wildman–Crippen MR) is 77.9 cm³/mol. The number of hydrogen-bond acceptors (Lipinski definition) is 1. The summed E-state index contributed by atoms with van der Waals surface area (Å²) in [4.78, 5) is 14.6. The molecule has 0 fully saturated rings. The smallest absolute Gasteiger partial charge is 0.268 e. The molecule has 5 heteroatoms. The van der Waals surface area contributed by atoms with Gasteiger partial charge in [-0.25, -0.2) is 0 Å². The van der Waals surface area contributed by atoms with Gasteiger partial charge in [-0.3, -0.25) is 4.79 Å². The lowest BCUT2D eigenvalue weighted by molar-refractivity contribution is 0.0946. The fourth-order valence-electron chi connectivity index (χ4n) is 1.84. The van der Waals surface area contributed by atoms with Gasteiger partial charge in [0.15, 0.2) is 0 Å². The fourth-order valence-corrected chi connectivity index (χ4v) is 2.15. The van der Waals surface area contributed by atoms with Crippen molar-refractivity contribution in [3.63, 3.8) is 0 Å². The number of aryl methyl sites for hydroxylation is 2. The van der Waals surface area contributed by atoms with E-state index in [0.717, 1.165) is 11.1 Å². The fraction of sp³-hybridized carbons (Fsp3) is 0.214. The summed E-state index contributed by atoms with van der Waals surface area (Å²) in [5.74, 6) is -0.228. The number of rotatable bonds is 3. The predicted octanol–water partition coefficient (Wildman–Crippen LogP) is 3.87. The van der Waals surface area contributed by atoms with Crippen molar-refractivity contribution < 1.29 is 4.79 Å². The highest BCUT2D eigenvalue weighted by Gasteiger charge is 2.11. The van der Waals surface area contributed by atoms with Crippen LogP contribution in [0, 0.1) is 13.8 Å². The first-order valence-electron chi connectivity index (χ1n) is 5.85. The van der Waals surface area contributed by atoms with Gasteiger partial charge in [0.05, 0.1) is 5.02 Å². The molecule has 0 aliphatic carbocycles. The number of hydrogen-bond donors (Lipinski definition) is 2. The van der Waals surface area contributed by atoms with Crippen LogP contribution in [0.1, 0.15) is 27.2 Å². The Kier molecular flexibility index (Phi) is 4.17. The van der Waals surface area contributed by atoms with Crippen molar-refractivity contribution >= 4 is 29.1 Å². The second-order valence-corrected chi connectivity index (χ2v) is 5.24. The maximum absolute atomic E-state index is 11.9. The normalized spacial score (nSPS) is 10.5. The first-order chi connectivity index (χ1) is 8.97. The van der Waals surface area contributed by atoms with E-state index in [-0.39, 0.29) is 11.1 Å². The molecule has 2 aromatic rings. The Bertz CT molecular complexity index is 600. The third-order valence-corrected chi connectivity index (χ3v) is 3.60. The van der Waals surface area contributed by atoms with Crippen LogP contribution in [0.2, 0.25) is 10.2 Å². The van der Waals surface area contributed by atoms with E-state index in [1.807, 2.05) is 26.0 Å². The Hall–Kier alpha value is -1.45. The molecule has 19 heavy (non-hydrogen) atoms. The lowest BCUT2D eigenvalue weighted by Crippen LogP contribution is -2.23. The maximum Gasteiger partial charge on any atom is 0.268 e. The van der Waals surface area contributed by atoms with Crippen molar-refractivity contribution in [2.75, 3.05) is 0 Å². The monoisotopic (exact) mass is 296 g/mol. The van der Waals surface area contributed by atoms with Crippen LogP contribution in [-0.4, -0.2) is 10.9 Å². The van der Waals surface area contributed by atoms with Crippen molar-refractivity contribution in [3.05, 3.63) is 56.8 Å². The second kappa shape index (κ2) is 5.68. The molecule has 1 aromatic carbocycles. The Morgan fingerprint density at radius 3 is 2.58 bits per heavy atom. The first-order valence-corrected chi connectivity index (χ1v) is 6.61. The van der Waals surface area contributed by atoms with Crippen LogP contribution < -0.4 is 5.32 Å². The van der Waals surface area contributed by atoms with E-state index in [1.165, 1.54) is 11.6 Å². The number of nitrogens with one attached hydrogen (secondary N) is 2. The molecule has 100 valence electrons. The molecule has 2 N–H and O–H groups in total. The summed E-state index contributed by atoms with van der Waals surface area (Å²) in [5.41, 5.74) is 3.81. The van der Waals surface area contributed by atoms with E-state index >= 15 is 0 Å². The Labute approximate surface area is 121 Å². The second-order valence-electron chi connectivity index (χ2n) is 4.46. The highest BCUT2D eigenvalue weighted by molar-refractivity contribution is 6.41. The number of amides is 1. The van der Waals surface area contributed by atoms with E-state index in [2.05, 4.69) is 16.4 Å². The molecule has 0 aliphatic heterocycles. The molecule has 0 saturated heterocycles. The third kappa shape index (κ3) is 3.31. The molecular weight excluding hydrogens is 283 g/mol. The third-order valence-electron chi connectivity index (χ3n) is 2.91. The molecular formula is C14H14Cl2N2O. The van der Waals surface area contributed by atoms with E-state index < -0.39 is 0 Å². The van der Waals surface area contributed by atoms with Gasteiger partial charge in [0.25, 0.3) is 5.91 Å². The van der Waals surface area contributed by atoms with E-state index in [1.54, 1.807) is 0 Å². The van der Waals surface area contributed by atoms with Crippen LogP contribution in [0.3, 0.4) is 0 Å². The summed E-state index contributed by atoms with van der Waals surface area (Å²) in [7, 11) is 0. The number of benzene rings is 1. The van der Waals surface area contributed by atoms with Gasteiger partial charge < -0.3 is 10.3 Å². The van der Waals surface area contributed by atoms with Crippen LogP contribution in [0.15, 0.2) is 24.3 Å². The number of halogens is 2. The molecule has 0 saturated carbocycles. The van der Waals surface area contributed by atoms with Gasteiger partial charge >= 0.3 is 0 Å². The summed E-state index contributed by atoms with van der Waals surface area (Å²) in [5, 5.41) is 3.45. The first kappa shape index (κ1) is 14.0. The minimum absolute atomic E-state index is 0.228. The summed E-state index contributed by atoms with van der Waals surface area (Å²) in [6.45, 7) is 4.54. The number of carbonyl (C=O) groups excluding carboxylic acids is 1. The Balaban J connectivity index is 2.04. The van der Waals surface area contributed by atoms with Gasteiger partial charge in [-0.15, -0.1) is 0 Å². The number of aromatic amines is 1. The topological polar surface area (TPSA) is 44.9 Å². The van der Waals surface area contributed by atoms with Crippen LogP contribution >= 0.6 is 23.2 Å². The molecule has 0 radical (unpaired) electrons. The Morgan fingerprint density at radius 1 is 1.26 bits per heavy atom. The van der Waals surface area contributed by atoms with Crippen molar-refractivity contribution in [3.8, 4) is 0 Å². The molecule has 0 spiro atoms.